The van der Waals surface area contributed by atoms with Gasteiger partial charge >= 0.3 is 5.97 Å². The van der Waals surface area contributed by atoms with Gasteiger partial charge in [0.2, 0.25) is 0 Å². The van der Waals surface area contributed by atoms with E-state index < -0.39 is 0 Å². The molecule has 0 N–H and O–H groups in total. The van der Waals surface area contributed by atoms with Crippen LogP contribution in [-0.2, 0) is 28.5 Å². The van der Waals surface area contributed by atoms with Crippen molar-refractivity contribution >= 4 is 5.97 Å². The first-order valence-electron chi connectivity index (χ1n) is 11.7. The van der Waals surface area contributed by atoms with Crippen molar-refractivity contribution in [2.45, 2.75) is 84.0 Å². The highest BCUT2D eigenvalue weighted by molar-refractivity contribution is 5.69. The van der Waals surface area contributed by atoms with E-state index in [-0.39, 0.29) is 12.4 Å². The van der Waals surface area contributed by atoms with Gasteiger partial charge in [0.05, 0.1) is 59.8 Å². The number of esters is 1. The third-order valence-electron chi connectivity index (χ3n) is 4.69. The molecule has 0 aromatic heterocycles. The molecular weight excluding hydrogens is 372 g/mol. The van der Waals surface area contributed by atoms with Gasteiger partial charge in [0.25, 0.3) is 0 Å². The van der Waals surface area contributed by atoms with Gasteiger partial charge in [0, 0.05) is 6.61 Å². The average Bonchev–Trinajstić information content (AvgIpc) is 2.74. The molecule has 0 amide bonds. The molecule has 174 valence electrons. The van der Waals surface area contributed by atoms with Crippen molar-refractivity contribution in [2.75, 3.05) is 60.0 Å². The molecule has 0 saturated carbocycles. The average molecular weight is 419 g/mol. The smallest absolute Gasteiger partial charge is 0.307 e. The molecule has 0 aromatic rings. The molecule has 0 aliphatic rings. The second kappa shape index (κ2) is 25.3. The SMILES string of the molecule is CCCCCCCCCCCCCOCCOCCOCCOCCC(=O)OC. The number of hydrogen-bond acceptors (Lipinski definition) is 6. The van der Waals surface area contributed by atoms with Crippen molar-refractivity contribution in [3.05, 3.63) is 0 Å². The van der Waals surface area contributed by atoms with Crippen LogP contribution in [0.3, 0.4) is 0 Å². The fraction of sp³-hybridized carbons (Fsp3) is 0.957. The van der Waals surface area contributed by atoms with E-state index in [1.807, 2.05) is 0 Å². The molecule has 0 heterocycles. The Bertz CT molecular complexity index is 324. The Balaban J connectivity index is 3.01. The highest BCUT2D eigenvalue weighted by Gasteiger charge is 1.99. The van der Waals surface area contributed by atoms with Gasteiger partial charge in [0.15, 0.2) is 0 Å². The number of rotatable bonds is 24. The van der Waals surface area contributed by atoms with Crippen LogP contribution >= 0.6 is 0 Å². The molecule has 0 aromatic carbocycles. The summed E-state index contributed by atoms with van der Waals surface area (Å²) in [6, 6.07) is 0. The van der Waals surface area contributed by atoms with Gasteiger partial charge in [-0.05, 0) is 6.42 Å². The van der Waals surface area contributed by atoms with E-state index in [4.69, 9.17) is 18.9 Å². The van der Waals surface area contributed by atoms with Gasteiger partial charge in [-0.3, -0.25) is 4.79 Å². The standard InChI is InChI=1S/C23H46O6/c1-3-4-5-6-7-8-9-10-11-12-13-15-26-17-19-28-21-22-29-20-18-27-16-14-23(24)25-2/h3-22H2,1-2H3. The molecule has 0 bridgehead atoms. The summed E-state index contributed by atoms with van der Waals surface area (Å²) < 4.78 is 26.2. The lowest BCUT2D eigenvalue weighted by Gasteiger charge is -2.07. The Hall–Kier alpha value is -0.690. The highest BCUT2D eigenvalue weighted by atomic mass is 16.6. The first kappa shape index (κ1) is 28.3. The molecule has 0 saturated heterocycles. The monoisotopic (exact) mass is 418 g/mol. The lowest BCUT2D eigenvalue weighted by molar-refractivity contribution is -0.141. The molecule has 0 aliphatic heterocycles. The number of methoxy groups -OCH3 is 1. The Labute approximate surface area is 178 Å². The number of hydrogen-bond donors (Lipinski definition) is 0. The van der Waals surface area contributed by atoms with E-state index in [1.165, 1.54) is 71.3 Å². The maximum atomic E-state index is 10.9. The van der Waals surface area contributed by atoms with E-state index in [0.717, 1.165) is 13.0 Å². The Morgan fingerprint density at radius 3 is 1.34 bits per heavy atom. The van der Waals surface area contributed by atoms with Gasteiger partial charge in [-0.1, -0.05) is 71.1 Å². The zero-order chi connectivity index (χ0) is 21.3. The van der Waals surface area contributed by atoms with Crippen molar-refractivity contribution in [3.63, 3.8) is 0 Å². The van der Waals surface area contributed by atoms with Gasteiger partial charge < -0.3 is 23.7 Å². The summed E-state index contributed by atoms with van der Waals surface area (Å²) in [4.78, 5) is 10.9. The van der Waals surface area contributed by atoms with Crippen LogP contribution in [0.1, 0.15) is 84.0 Å². The lowest BCUT2D eigenvalue weighted by atomic mass is 10.1. The molecular formula is C23H46O6. The Kier molecular flexibility index (Phi) is 24.7. The fourth-order valence-corrected chi connectivity index (χ4v) is 2.89. The summed E-state index contributed by atoms with van der Waals surface area (Å²) in [6.07, 6.45) is 15.2. The normalized spacial score (nSPS) is 11.1. The van der Waals surface area contributed by atoms with Crippen LogP contribution in [-0.4, -0.2) is 65.9 Å². The molecule has 6 heteroatoms. The summed E-state index contributed by atoms with van der Waals surface area (Å²) in [6.45, 7) is 6.79. The molecule has 0 rings (SSSR count). The quantitative estimate of drug-likeness (QED) is 0.164. The van der Waals surface area contributed by atoms with E-state index in [2.05, 4.69) is 11.7 Å². The number of carbonyl (C=O) groups excluding carboxylic acids is 1. The van der Waals surface area contributed by atoms with Crippen LogP contribution in [0.15, 0.2) is 0 Å². The third-order valence-corrected chi connectivity index (χ3v) is 4.69. The van der Waals surface area contributed by atoms with E-state index >= 15 is 0 Å². The molecule has 0 atom stereocenters. The minimum Gasteiger partial charge on any atom is -0.469 e. The van der Waals surface area contributed by atoms with E-state index in [0.29, 0.717) is 46.2 Å². The molecule has 0 fully saturated rings. The summed E-state index contributed by atoms with van der Waals surface area (Å²) in [5.74, 6) is -0.259. The maximum Gasteiger partial charge on any atom is 0.307 e. The predicted octanol–water partition coefficient (Wildman–Crippen LogP) is 4.93. The van der Waals surface area contributed by atoms with E-state index in [1.54, 1.807) is 0 Å². The lowest BCUT2D eigenvalue weighted by Crippen LogP contribution is -2.13. The Morgan fingerprint density at radius 2 is 0.897 bits per heavy atom. The van der Waals surface area contributed by atoms with Crippen molar-refractivity contribution in [2.24, 2.45) is 0 Å². The number of carbonyl (C=O) groups is 1. The molecule has 29 heavy (non-hydrogen) atoms. The van der Waals surface area contributed by atoms with Gasteiger partial charge in [-0.2, -0.15) is 0 Å². The van der Waals surface area contributed by atoms with Crippen molar-refractivity contribution in [1.82, 2.24) is 0 Å². The first-order chi connectivity index (χ1) is 14.3. The van der Waals surface area contributed by atoms with Crippen LogP contribution in [0.5, 0.6) is 0 Å². The maximum absolute atomic E-state index is 10.9. The topological polar surface area (TPSA) is 63.2 Å². The molecule has 0 unspecified atom stereocenters. The molecule has 6 nitrogen and oxygen atoms in total. The van der Waals surface area contributed by atoms with Crippen LogP contribution < -0.4 is 0 Å². The summed E-state index contributed by atoms with van der Waals surface area (Å²) in [5, 5.41) is 0. The predicted molar refractivity (Wildman–Crippen MR) is 116 cm³/mol. The Morgan fingerprint density at radius 1 is 0.517 bits per heavy atom. The van der Waals surface area contributed by atoms with Crippen LogP contribution in [0.2, 0.25) is 0 Å². The number of unbranched alkanes of at least 4 members (excludes halogenated alkanes) is 10. The van der Waals surface area contributed by atoms with Gasteiger partial charge in [-0.15, -0.1) is 0 Å². The molecule has 0 radical (unpaired) electrons. The van der Waals surface area contributed by atoms with Gasteiger partial charge in [0.1, 0.15) is 0 Å². The minimum atomic E-state index is -0.259. The molecule has 0 aliphatic carbocycles. The molecule has 0 spiro atoms. The number of ether oxygens (including phenoxy) is 5. The summed E-state index contributed by atoms with van der Waals surface area (Å²) in [5.41, 5.74) is 0. The van der Waals surface area contributed by atoms with Crippen LogP contribution in [0.4, 0.5) is 0 Å². The van der Waals surface area contributed by atoms with Crippen LogP contribution in [0, 0.1) is 0 Å². The summed E-state index contributed by atoms with van der Waals surface area (Å²) >= 11 is 0. The first-order valence-corrected chi connectivity index (χ1v) is 11.7. The highest BCUT2D eigenvalue weighted by Crippen LogP contribution is 2.11. The van der Waals surface area contributed by atoms with Gasteiger partial charge in [-0.25, -0.2) is 0 Å². The van der Waals surface area contributed by atoms with Crippen molar-refractivity contribution in [1.29, 1.82) is 0 Å². The second-order valence-electron chi connectivity index (χ2n) is 7.31. The third kappa shape index (κ3) is 25.3. The minimum absolute atomic E-state index is 0.259. The van der Waals surface area contributed by atoms with E-state index in [9.17, 15) is 4.79 Å². The second-order valence-corrected chi connectivity index (χ2v) is 7.31. The summed E-state index contributed by atoms with van der Waals surface area (Å²) in [7, 11) is 1.37. The van der Waals surface area contributed by atoms with Crippen molar-refractivity contribution < 1.29 is 28.5 Å². The van der Waals surface area contributed by atoms with Crippen LogP contribution in [0.25, 0.3) is 0 Å². The largest absolute Gasteiger partial charge is 0.469 e. The van der Waals surface area contributed by atoms with Crippen molar-refractivity contribution in [3.8, 4) is 0 Å². The zero-order valence-corrected chi connectivity index (χ0v) is 19.1. The zero-order valence-electron chi connectivity index (χ0n) is 19.1. The fourth-order valence-electron chi connectivity index (χ4n) is 2.89.